The Morgan fingerprint density at radius 3 is 2.50 bits per heavy atom. The summed E-state index contributed by atoms with van der Waals surface area (Å²) in [6, 6.07) is 5.14. The summed E-state index contributed by atoms with van der Waals surface area (Å²) in [7, 11) is 0. The number of carbonyl (C=O) groups is 1. The summed E-state index contributed by atoms with van der Waals surface area (Å²) in [6.45, 7) is 3.90. The van der Waals surface area contributed by atoms with Crippen LogP contribution in [0.5, 0.6) is 0 Å². The highest BCUT2D eigenvalue weighted by molar-refractivity contribution is 5.79. The van der Waals surface area contributed by atoms with Crippen LogP contribution >= 0.6 is 0 Å². The lowest BCUT2D eigenvalue weighted by Crippen LogP contribution is -2.33. The molecule has 6 heteroatoms. The topological polar surface area (TPSA) is 41.1 Å². The van der Waals surface area contributed by atoms with Crippen molar-refractivity contribution < 1.29 is 18.0 Å². The van der Waals surface area contributed by atoms with E-state index in [0.29, 0.717) is 13.1 Å². The third-order valence-corrected chi connectivity index (χ3v) is 2.72. The zero-order valence-corrected chi connectivity index (χ0v) is 11.4. The average molecular weight is 288 g/mol. The maximum atomic E-state index is 12.7. The largest absolute Gasteiger partial charge is 0.416 e. The maximum Gasteiger partial charge on any atom is 0.416 e. The van der Waals surface area contributed by atoms with Gasteiger partial charge in [0.05, 0.1) is 12.0 Å². The van der Waals surface area contributed by atoms with Gasteiger partial charge in [-0.15, -0.1) is 0 Å². The zero-order valence-electron chi connectivity index (χ0n) is 11.4. The van der Waals surface area contributed by atoms with E-state index in [4.69, 9.17) is 0 Å². The minimum atomic E-state index is -4.43. The molecule has 0 spiro atoms. The second-order valence-electron chi connectivity index (χ2n) is 4.43. The number of carbonyl (C=O) groups excluding carboxylic acids is 1. The first-order valence-electron chi connectivity index (χ1n) is 6.57. The first kappa shape index (κ1) is 16.5. The molecule has 0 heterocycles. The van der Waals surface area contributed by atoms with Gasteiger partial charge in [0.15, 0.2) is 0 Å². The molecule has 0 fully saturated rings. The number of hydrogen-bond donors (Lipinski definition) is 2. The van der Waals surface area contributed by atoms with Crippen molar-refractivity contribution in [3.63, 3.8) is 0 Å². The second kappa shape index (κ2) is 7.89. The fourth-order valence-corrected chi connectivity index (χ4v) is 1.78. The molecule has 0 aromatic heterocycles. The van der Waals surface area contributed by atoms with Crippen LogP contribution in [0, 0.1) is 0 Å². The van der Waals surface area contributed by atoms with Gasteiger partial charge in [0.2, 0.25) is 5.91 Å². The van der Waals surface area contributed by atoms with E-state index in [1.165, 1.54) is 18.2 Å². The van der Waals surface area contributed by atoms with E-state index < -0.39 is 17.6 Å². The molecule has 1 aromatic carbocycles. The normalized spacial score (nSPS) is 11.4. The van der Waals surface area contributed by atoms with Crippen molar-refractivity contribution in [1.82, 2.24) is 10.6 Å². The molecule has 0 saturated carbocycles. The van der Waals surface area contributed by atoms with Crippen LogP contribution in [0.15, 0.2) is 24.3 Å². The van der Waals surface area contributed by atoms with Gasteiger partial charge in [0, 0.05) is 13.1 Å². The van der Waals surface area contributed by atoms with Crippen LogP contribution in [-0.4, -0.2) is 25.5 Å². The predicted molar refractivity (Wildman–Crippen MR) is 71.3 cm³/mol. The van der Waals surface area contributed by atoms with Gasteiger partial charge < -0.3 is 10.6 Å². The highest BCUT2D eigenvalue weighted by atomic mass is 19.4. The fraction of sp³-hybridized carbons (Fsp3) is 0.500. The van der Waals surface area contributed by atoms with Crippen molar-refractivity contribution in [3.8, 4) is 0 Å². The molecule has 20 heavy (non-hydrogen) atoms. The van der Waals surface area contributed by atoms with E-state index in [0.717, 1.165) is 19.0 Å². The van der Waals surface area contributed by atoms with Gasteiger partial charge in [-0.3, -0.25) is 4.79 Å². The number of benzene rings is 1. The number of alkyl halides is 3. The Morgan fingerprint density at radius 1 is 1.15 bits per heavy atom. The van der Waals surface area contributed by atoms with Gasteiger partial charge in [0.1, 0.15) is 0 Å². The molecule has 1 amide bonds. The molecule has 2 N–H and O–H groups in total. The predicted octanol–water partition coefficient (Wildman–Crippen LogP) is 2.36. The van der Waals surface area contributed by atoms with E-state index in [2.05, 4.69) is 10.6 Å². The molecule has 0 saturated heterocycles. The highest BCUT2D eigenvalue weighted by Gasteiger charge is 2.33. The Labute approximate surface area is 116 Å². The summed E-state index contributed by atoms with van der Waals surface area (Å²) in [6.07, 6.45) is -3.70. The van der Waals surface area contributed by atoms with Crippen LogP contribution in [0.3, 0.4) is 0 Å². The van der Waals surface area contributed by atoms with Crippen molar-refractivity contribution in [1.29, 1.82) is 0 Å². The first-order chi connectivity index (χ1) is 9.45. The standard InChI is InChI=1S/C14H19F3N2O/c1-2-7-18-8-9-19-13(20)10-11-5-3-4-6-12(11)14(15,16)17/h3-6,18H,2,7-10H2,1H3,(H,19,20). The van der Waals surface area contributed by atoms with E-state index in [9.17, 15) is 18.0 Å². The molecule has 0 unspecified atom stereocenters. The highest BCUT2D eigenvalue weighted by Crippen LogP contribution is 2.31. The third-order valence-electron chi connectivity index (χ3n) is 2.72. The molecular formula is C14H19F3N2O. The molecule has 1 rings (SSSR count). The average Bonchev–Trinajstić information content (AvgIpc) is 2.38. The van der Waals surface area contributed by atoms with Crippen molar-refractivity contribution >= 4 is 5.91 Å². The van der Waals surface area contributed by atoms with Crippen LogP contribution in [0.25, 0.3) is 0 Å². The Bertz CT molecular complexity index is 433. The quantitative estimate of drug-likeness (QED) is 0.756. The summed E-state index contributed by atoms with van der Waals surface area (Å²) in [5.74, 6) is -0.403. The van der Waals surface area contributed by atoms with Crippen LogP contribution in [-0.2, 0) is 17.4 Å². The molecular weight excluding hydrogens is 269 g/mol. The van der Waals surface area contributed by atoms with Crippen molar-refractivity contribution in [2.24, 2.45) is 0 Å². The van der Waals surface area contributed by atoms with E-state index in [-0.39, 0.29) is 12.0 Å². The molecule has 3 nitrogen and oxygen atoms in total. The van der Waals surface area contributed by atoms with Crippen LogP contribution in [0.1, 0.15) is 24.5 Å². The maximum absolute atomic E-state index is 12.7. The SMILES string of the molecule is CCCNCCNC(=O)Cc1ccccc1C(F)(F)F. The van der Waals surface area contributed by atoms with Crippen LogP contribution in [0.2, 0.25) is 0 Å². The molecule has 0 atom stereocenters. The summed E-state index contributed by atoms with van der Waals surface area (Å²) in [5, 5.41) is 5.70. The summed E-state index contributed by atoms with van der Waals surface area (Å²) >= 11 is 0. The summed E-state index contributed by atoms with van der Waals surface area (Å²) < 4.78 is 38.2. The van der Waals surface area contributed by atoms with Gasteiger partial charge in [-0.2, -0.15) is 13.2 Å². The number of rotatable bonds is 7. The monoisotopic (exact) mass is 288 g/mol. The lowest BCUT2D eigenvalue weighted by Gasteiger charge is -2.12. The van der Waals surface area contributed by atoms with Gasteiger partial charge in [0.25, 0.3) is 0 Å². The Balaban J connectivity index is 2.50. The Hall–Kier alpha value is -1.56. The van der Waals surface area contributed by atoms with E-state index >= 15 is 0 Å². The van der Waals surface area contributed by atoms with Crippen molar-refractivity contribution in [2.45, 2.75) is 25.9 Å². The summed E-state index contributed by atoms with van der Waals surface area (Å²) in [4.78, 5) is 11.6. The third kappa shape index (κ3) is 5.61. The summed E-state index contributed by atoms with van der Waals surface area (Å²) in [5.41, 5.74) is -0.752. The van der Waals surface area contributed by atoms with Gasteiger partial charge in [-0.25, -0.2) is 0 Å². The fourth-order valence-electron chi connectivity index (χ4n) is 1.78. The van der Waals surface area contributed by atoms with Crippen molar-refractivity contribution in [3.05, 3.63) is 35.4 Å². The number of halogens is 3. The molecule has 0 radical (unpaired) electrons. The Morgan fingerprint density at radius 2 is 1.85 bits per heavy atom. The van der Waals surface area contributed by atoms with E-state index in [1.807, 2.05) is 6.92 Å². The lowest BCUT2D eigenvalue weighted by atomic mass is 10.0. The Kier molecular flexibility index (Phi) is 6.51. The van der Waals surface area contributed by atoms with Crippen molar-refractivity contribution in [2.75, 3.05) is 19.6 Å². The lowest BCUT2D eigenvalue weighted by molar-refractivity contribution is -0.138. The smallest absolute Gasteiger partial charge is 0.355 e. The first-order valence-corrected chi connectivity index (χ1v) is 6.57. The molecule has 0 bridgehead atoms. The molecule has 0 aliphatic heterocycles. The zero-order chi connectivity index (χ0) is 15.0. The minimum Gasteiger partial charge on any atom is -0.355 e. The minimum absolute atomic E-state index is 0.000910. The number of nitrogens with one attached hydrogen (secondary N) is 2. The van der Waals surface area contributed by atoms with Gasteiger partial charge in [-0.1, -0.05) is 25.1 Å². The molecule has 0 aliphatic rings. The molecule has 0 aliphatic carbocycles. The van der Waals surface area contributed by atoms with E-state index in [1.54, 1.807) is 0 Å². The second-order valence-corrected chi connectivity index (χ2v) is 4.43. The van der Waals surface area contributed by atoms with Crippen LogP contribution < -0.4 is 10.6 Å². The number of hydrogen-bond acceptors (Lipinski definition) is 2. The molecule has 1 aromatic rings. The van der Waals surface area contributed by atoms with Gasteiger partial charge >= 0.3 is 6.18 Å². The van der Waals surface area contributed by atoms with Crippen LogP contribution in [0.4, 0.5) is 13.2 Å². The molecule has 112 valence electrons. The number of amides is 1. The van der Waals surface area contributed by atoms with Gasteiger partial charge in [-0.05, 0) is 24.6 Å².